The number of hydrogen-bond donors (Lipinski definition) is 0. The van der Waals surface area contributed by atoms with Crippen molar-refractivity contribution in [3.63, 3.8) is 0 Å². The summed E-state index contributed by atoms with van der Waals surface area (Å²) >= 11 is 1.60. The Morgan fingerprint density at radius 2 is 2.60 bits per heavy atom. The molecule has 2 aromatic rings. The lowest BCUT2D eigenvalue weighted by Crippen LogP contribution is -1.65. The van der Waals surface area contributed by atoms with Gasteiger partial charge in [0.15, 0.2) is 0 Å². The molecule has 1 radical (unpaired) electrons. The molecule has 0 aromatic carbocycles. The Hall–Kier alpha value is -1.09. The van der Waals surface area contributed by atoms with Crippen LogP contribution in [0, 0.1) is 6.07 Å². The van der Waals surface area contributed by atoms with Crippen molar-refractivity contribution in [2.24, 2.45) is 0 Å². The quantitative estimate of drug-likeness (QED) is 0.622. The van der Waals surface area contributed by atoms with Crippen LogP contribution in [0.3, 0.4) is 0 Å². The minimum atomic E-state index is 0.881. The van der Waals surface area contributed by atoms with Crippen LogP contribution in [0.5, 0.6) is 0 Å². The van der Waals surface area contributed by atoms with Gasteiger partial charge in [-0.2, -0.15) is 0 Å². The second-order valence-electron chi connectivity index (χ2n) is 1.80. The fraction of sp³-hybridized carbons (Fsp3) is 0. The third-order valence-corrected chi connectivity index (χ3v) is 1.99. The number of thiophene rings is 1. The Balaban J connectivity index is 2.48. The second-order valence-corrected chi connectivity index (χ2v) is 2.71. The van der Waals surface area contributed by atoms with Crippen molar-refractivity contribution in [3.8, 4) is 10.6 Å². The van der Waals surface area contributed by atoms with Crippen molar-refractivity contribution in [1.82, 2.24) is 5.16 Å². The predicted octanol–water partition coefficient (Wildman–Crippen LogP) is 2.20. The molecule has 0 N–H and O–H groups in total. The first-order valence-electron chi connectivity index (χ1n) is 2.82. The van der Waals surface area contributed by atoms with Crippen LogP contribution >= 0.6 is 11.3 Å². The van der Waals surface area contributed by atoms with Gasteiger partial charge in [-0.05, 0) is 17.5 Å². The third kappa shape index (κ3) is 0.844. The minimum Gasteiger partial charge on any atom is -0.364 e. The lowest BCUT2D eigenvalue weighted by atomic mass is 10.4. The zero-order chi connectivity index (χ0) is 6.81. The molecule has 0 bridgehead atoms. The first-order valence-corrected chi connectivity index (χ1v) is 3.70. The first-order chi connectivity index (χ1) is 4.97. The van der Waals surface area contributed by atoms with E-state index in [9.17, 15) is 0 Å². The van der Waals surface area contributed by atoms with Crippen LogP contribution < -0.4 is 0 Å². The maximum absolute atomic E-state index is 4.68. The molecule has 2 rings (SSSR count). The Morgan fingerprint density at radius 1 is 1.60 bits per heavy atom. The second kappa shape index (κ2) is 2.27. The highest BCUT2D eigenvalue weighted by Gasteiger charge is 1.99. The van der Waals surface area contributed by atoms with Gasteiger partial charge in [0.2, 0.25) is 0 Å². The van der Waals surface area contributed by atoms with E-state index in [0.717, 1.165) is 10.6 Å². The van der Waals surface area contributed by atoms with E-state index in [0.29, 0.717) is 0 Å². The number of aromatic nitrogens is 1. The zero-order valence-corrected chi connectivity index (χ0v) is 5.89. The fourth-order valence-corrected chi connectivity index (χ4v) is 1.34. The molecule has 2 heterocycles. The molecule has 0 spiro atoms. The first kappa shape index (κ1) is 5.68. The molecule has 10 heavy (non-hydrogen) atoms. The normalized spacial score (nSPS) is 10.0. The van der Waals surface area contributed by atoms with Crippen LogP contribution in [0.4, 0.5) is 0 Å². The topological polar surface area (TPSA) is 26.0 Å². The molecular weight excluding hydrogens is 146 g/mol. The Kier molecular flexibility index (Phi) is 1.29. The number of nitrogens with zero attached hydrogens (tertiary/aromatic N) is 1. The molecule has 0 aliphatic rings. The monoisotopic (exact) mass is 150 g/mol. The van der Waals surface area contributed by atoms with Gasteiger partial charge in [-0.15, -0.1) is 11.3 Å². The van der Waals surface area contributed by atoms with Crippen molar-refractivity contribution >= 4 is 11.3 Å². The number of hydrogen-bond acceptors (Lipinski definition) is 3. The fourth-order valence-electron chi connectivity index (χ4n) is 0.715. The summed E-state index contributed by atoms with van der Waals surface area (Å²) in [5.41, 5.74) is 0.881. The molecular formula is C7H4NOS. The summed E-state index contributed by atoms with van der Waals surface area (Å²) in [4.78, 5) is 1.09. The summed E-state index contributed by atoms with van der Waals surface area (Å²) < 4.78 is 4.68. The minimum absolute atomic E-state index is 0.881. The van der Waals surface area contributed by atoms with E-state index in [4.69, 9.17) is 0 Å². The highest BCUT2D eigenvalue weighted by Crippen LogP contribution is 2.21. The van der Waals surface area contributed by atoms with E-state index in [1.807, 2.05) is 17.5 Å². The summed E-state index contributed by atoms with van der Waals surface area (Å²) in [6.45, 7) is 0. The highest BCUT2D eigenvalue weighted by molar-refractivity contribution is 7.13. The van der Waals surface area contributed by atoms with E-state index in [1.165, 1.54) is 0 Å². The van der Waals surface area contributed by atoms with E-state index in [-0.39, 0.29) is 0 Å². The number of rotatable bonds is 1. The molecule has 0 amide bonds. The van der Waals surface area contributed by atoms with Crippen LogP contribution in [0.15, 0.2) is 28.3 Å². The van der Waals surface area contributed by atoms with Gasteiger partial charge in [0, 0.05) is 6.07 Å². The SMILES string of the molecule is [c]1csc(-c2ccon2)c1. The van der Waals surface area contributed by atoms with Crippen molar-refractivity contribution in [3.05, 3.63) is 29.8 Å². The van der Waals surface area contributed by atoms with E-state index >= 15 is 0 Å². The van der Waals surface area contributed by atoms with E-state index in [1.54, 1.807) is 17.6 Å². The van der Waals surface area contributed by atoms with Gasteiger partial charge in [0.25, 0.3) is 0 Å². The lowest BCUT2D eigenvalue weighted by Gasteiger charge is -1.81. The summed E-state index contributed by atoms with van der Waals surface area (Å²) in [5, 5.41) is 5.67. The molecule has 2 nitrogen and oxygen atoms in total. The smallest absolute Gasteiger partial charge is 0.124 e. The van der Waals surface area contributed by atoms with Crippen LogP contribution in [-0.2, 0) is 0 Å². The van der Waals surface area contributed by atoms with Gasteiger partial charge >= 0.3 is 0 Å². The molecule has 49 valence electrons. The van der Waals surface area contributed by atoms with E-state index < -0.39 is 0 Å². The maximum atomic E-state index is 4.68. The summed E-state index contributed by atoms with van der Waals surface area (Å²) in [6, 6.07) is 6.68. The zero-order valence-electron chi connectivity index (χ0n) is 5.07. The van der Waals surface area contributed by atoms with Crippen LogP contribution in [0.1, 0.15) is 0 Å². The molecule has 0 unspecified atom stereocenters. The molecule has 0 saturated heterocycles. The maximum Gasteiger partial charge on any atom is 0.124 e. The molecule has 0 fully saturated rings. The van der Waals surface area contributed by atoms with Crippen LogP contribution in [0.2, 0.25) is 0 Å². The third-order valence-electron chi connectivity index (χ3n) is 1.16. The Bertz CT molecular complexity index is 253. The van der Waals surface area contributed by atoms with Gasteiger partial charge in [0.1, 0.15) is 12.0 Å². The average molecular weight is 150 g/mol. The van der Waals surface area contributed by atoms with Crippen LogP contribution in [-0.4, -0.2) is 5.16 Å². The summed E-state index contributed by atoms with van der Waals surface area (Å²) in [5.74, 6) is 0. The van der Waals surface area contributed by atoms with Gasteiger partial charge in [-0.25, -0.2) is 0 Å². The van der Waals surface area contributed by atoms with Gasteiger partial charge in [0.05, 0.1) is 4.88 Å². The molecule has 0 aliphatic carbocycles. The highest BCUT2D eigenvalue weighted by atomic mass is 32.1. The Labute approximate surface area is 62.1 Å². The molecule has 0 atom stereocenters. The lowest BCUT2D eigenvalue weighted by molar-refractivity contribution is 0.422. The predicted molar refractivity (Wildman–Crippen MR) is 38.7 cm³/mol. The van der Waals surface area contributed by atoms with Crippen molar-refractivity contribution in [2.45, 2.75) is 0 Å². The molecule has 0 aliphatic heterocycles. The van der Waals surface area contributed by atoms with Crippen molar-refractivity contribution in [1.29, 1.82) is 0 Å². The summed E-state index contributed by atoms with van der Waals surface area (Å²) in [6.07, 6.45) is 1.56. The summed E-state index contributed by atoms with van der Waals surface area (Å²) in [7, 11) is 0. The van der Waals surface area contributed by atoms with Gasteiger partial charge in [-0.1, -0.05) is 5.16 Å². The molecule has 0 saturated carbocycles. The molecule has 2 aromatic heterocycles. The van der Waals surface area contributed by atoms with Gasteiger partial charge in [-0.3, -0.25) is 0 Å². The van der Waals surface area contributed by atoms with Crippen molar-refractivity contribution < 1.29 is 4.52 Å². The van der Waals surface area contributed by atoms with E-state index in [2.05, 4.69) is 15.7 Å². The standard InChI is InChI=1S/C7H4NOS/c1-2-7(10-5-1)6-3-4-9-8-6/h2-5H. The molecule has 3 heteroatoms. The largest absolute Gasteiger partial charge is 0.364 e. The average Bonchev–Trinajstić information content (AvgIpc) is 2.59. The van der Waals surface area contributed by atoms with Gasteiger partial charge < -0.3 is 4.52 Å². The van der Waals surface area contributed by atoms with Crippen molar-refractivity contribution in [2.75, 3.05) is 0 Å². The Morgan fingerprint density at radius 3 is 3.20 bits per heavy atom. The van der Waals surface area contributed by atoms with Crippen LogP contribution in [0.25, 0.3) is 10.6 Å².